The van der Waals surface area contributed by atoms with Gasteiger partial charge in [0, 0.05) is 25.6 Å². The van der Waals surface area contributed by atoms with Crippen LogP contribution in [-0.4, -0.2) is 47.3 Å². The fourth-order valence-electron chi connectivity index (χ4n) is 2.54. The fourth-order valence-corrected chi connectivity index (χ4v) is 2.54. The lowest BCUT2D eigenvalue weighted by atomic mass is 10.0. The minimum absolute atomic E-state index is 0.0720. The third-order valence-electron chi connectivity index (χ3n) is 3.58. The SMILES string of the molecule is CCN1CCOC(c2noc(CC(N)CC(C)C)n2)C1. The van der Waals surface area contributed by atoms with Crippen LogP contribution in [0.1, 0.15) is 45.0 Å². The topological polar surface area (TPSA) is 77.4 Å². The number of ether oxygens (including phenoxy) is 1. The zero-order chi connectivity index (χ0) is 14.5. The summed E-state index contributed by atoms with van der Waals surface area (Å²) in [5, 5.41) is 4.05. The fraction of sp³-hybridized carbons (Fsp3) is 0.857. The molecule has 1 aliphatic heterocycles. The Morgan fingerprint density at radius 3 is 2.95 bits per heavy atom. The molecule has 0 amide bonds. The van der Waals surface area contributed by atoms with Crippen LogP contribution in [0.3, 0.4) is 0 Å². The van der Waals surface area contributed by atoms with Crippen LogP contribution in [0, 0.1) is 5.92 Å². The summed E-state index contributed by atoms with van der Waals surface area (Å²) in [4.78, 5) is 6.77. The first-order chi connectivity index (χ1) is 9.58. The number of aromatic nitrogens is 2. The van der Waals surface area contributed by atoms with Crippen LogP contribution in [0.2, 0.25) is 0 Å². The van der Waals surface area contributed by atoms with E-state index < -0.39 is 0 Å². The second kappa shape index (κ2) is 7.15. The Morgan fingerprint density at radius 2 is 2.25 bits per heavy atom. The van der Waals surface area contributed by atoms with Crippen molar-refractivity contribution in [1.82, 2.24) is 15.0 Å². The summed E-state index contributed by atoms with van der Waals surface area (Å²) >= 11 is 0. The molecular weight excluding hydrogens is 256 g/mol. The predicted octanol–water partition coefficient (Wildman–Crippen LogP) is 1.38. The molecule has 1 saturated heterocycles. The molecule has 1 aromatic heterocycles. The summed E-state index contributed by atoms with van der Waals surface area (Å²) in [5.74, 6) is 1.84. The maximum Gasteiger partial charge on any atom is 0.228 e. The highest BCUT2D eigenvalue weighted by Gasteiger charge is 2.25. The summed E-state index contributed by atoms with van der Waals surface area (Å²) in [6.45, 7) is 10.0. The Bertz CT molecular complexity index is 408. The highest BCUT2D eigenvalue weighted by atomic mass is 16.5. The Kier molecular flexibility index (Phi) is 5.51. The van der Waals surface area contributed by atoms with E-state index in [2.05, 4.69) is 35.8 Å². The van der Waals surface area contributed by atoms with Gasteiger partial charge in [-0.15, -0.1) is 0 Å². The summed E-state index contributed by atoms with van der Waals surface area (Å²) in [6.07, 6.45) is 1.51. The molecule has 0 bridgehead atoms. The molecule has 1 fully saturated rings. The molecule has 1 aromatic rings. The lowest BCUT2D eigenvalue weighted by molar-refractivity contribution is -0.0334. The van der Waals surface area contributed by atoms with Crippen molar-refractivity contribution in [2.45, 2.75) is 45.8 Å². The maximum absolute atomic E-state index is 6.07. The molecule has 0 aromatic carbocycles. The van der Waals surface area contributed by atoms with E-state index in [1.807, 2.05) is 0 Å². The van der Waals surface area contributed by atoms with E-state index in [-0.39, 0.29) is 12.1 Å². The molecule has 2 heterocycles. The number of rotatable bonds is 6. The van der Waals surface area contributed by atoms with Crippen LogP contribution in [0.4, 0.5) is 0 Å². The van der Waals surface area contributed by atoms with E-state index in [0.717, 1.165) is 32.7 Å². The molecular formula is C14H26N4O2. The summed E-state index contributed by atoms with van der Waals surface area (Å²) in [6, 6.07) is 0.0720. The van der Waals surface area contributed by atoms with E-state index >= 15 is 0 Å². The van der Waals surface area contributed by atoms with Gasteiger partial charge in [-0.25, -0.2) is 0 Å². The van der Waals surface area contributed by atoms with Crippen molar-refractivity contribution in [3.8, 4) is 0 Å². The summed E-state index contributed by atoms with van der Waals surface area (Å²) in [7, 11) is 0. The van der Waals surface area contributed by atoms with E-state index in [9.17, 15) is 0 Å². The zero-order valence-corrected chi connectivity index (χ0v) is 12.7. The van der Waals surface area contributed by atoms with Gasteiger partial charge < -0.3 is 15.0 Å². The summed E-state index contributed by atoms with van der Waals surface area (Å²) in [5.41, 5.74) is 6.07. The average molecular weight is 282 g/mol. The second-order valence-electron chi connectivity index (χ2n) is 5.89. The van der Waals surface area contributed by atoms with E-state index in [1.165, 1.54) is 0 Å². The number of hydrogen-bond acceptors (Lipinski definition) is 6. The molecule has 0 saturated carbocycles. The van der Waals surface area contributed by atoms with Crippen molar-refractivity contribution in [3.05, 3.63) is 11.7 Å². The number of morpholine rings is 1. The quantitative estimate of drug-likeness (QED) is 0.849. The number of hydrogen-bond donors (Lipinski definition) is 1. The molecule has 1 aliphatic rings. The third-order valence-corrected chi connectivity index (χ3v) is 3.58. The van der Waals surface area contributed by atoms with Gasteiger partial charge in [-0.05, 0) is 18.9 Å². The van der Waals surface area contributed by atoms with Gasteiger partial charge in [-0.1, -0.05) is 25.9 Å². The second-order valence-corrected chi connectivity index (χ2v) is 5.89. The molecule has 6 heteroatoms. The van der Waals surface area contributed by atoms with E-state index in [1.54, 1.807) is 0 Å². The first kappa shape index (κ1) is 15.4. The van der Waals surface area contributed by atoms with Crippen LogP contribution in [-0.2, 0) is 11.2 Å². The third kappa shape index (κ3) is 4.26. The monoisotopic (exact) mass is 282 g/mol. The average Bonchev–Trinajstić information content (AvgIpc) is 2.86. The lowest BCUT2D eigenvalue weighted by Crippen LogP contribution is -2.38. The molecule has 114 valence electrons. The normalized spacial score (nSPS) is 22.4. The van der Waals surface area contributed by atoms with Gasteiger partial charge in [0.2, 0.25) is 11.7 Å². The molecule has 2 atom stereocenters. The number of likely N-dealkylation sites (N-methyl/N-ethyl adjacent to an activating group) is 1. The number of nitrogens with two attached hydrogens (primary N) is 1. The standard InChI is InChI=1S/C14H26N4O2/c1-4-18-5-6-19-12(9-18)14-16-13(20-17-14)8-11(15)7-10(2)3/h10-12H,4-9,15H2,1-3H3. The smallest absolute Gasteiger partial charge is 0.228 e. The first-order valence-corrected chi connectivity index (χ1v) is 7.50. The van der Waals surface area contributed by atoms with Crippen LogP contribution in [0.25, 0.3) is 0 Å². The Morgan fingerprint density at radius 1 is 1.45 bits per heavy atom. The Hall–Kier alpha value is -0.980. The highest BCUT2D eigenvalue weighted by molar-refractivity contribution is 4.95. The maximum atomic E-state index is 6.07. The van der Waals surface area contributed by atoms with Crippen molar-refractivity contribution in [2.24, 2.45) is 11.7 Å². The van der Waals surface area contributed by atoms with Crippen molar-refractivity contribution in [2.75, 3.05) is 26.2 Å². The minimum Gasteiger partial charge on any atom is -0.367 e. The number of nitrogens with zero attached hydrogens (tertiary/aromatic N) is 3. The first-order valence-electron chi connectivity index (χ1n) is 7.50. The van der Waals surface area contributed by atoms with Crippen LogP contribution < -0.4 is 5.73 Å². The lowest BCUT2D eigenvalue weighted by Gasteiger charge is -2.30. The highest BCUT2D eigenvalue weighted by Crippen LogP contribution is 2.20. The molecule has 2 N–H and O–H groups in total. The zero-order valence-electron chi connectivity index (χ0n) is 12.7. The van der Waals surface area contributed by atoms with Crippen molar-refractivity contribution in [3.63, 3.8) is 0 Å². The molecule has 2 unspecified atom stereocenters. The van der Waals surface area contributed by atoms with Gasteiger partial charge in [0.1, 0.15) is 6.10 Å². The minimum atomic E-state index is -0.0810. The van der Waals surface area contributed by atoms with Crippen molar-refractivity contribution >= 4 is 0 Å². The van der Waals surface area contributed by atoms with E-state index in [4.69, 9.17) is 15.0 Å². The van der Waals surface area contributed by atoms with Gasteiger partial charge in [-0.2, -0.15) is 4.98 Å². The molecule has 20 heavy (non-hydrogen) atoms. The Labute approximate surface area is 120 Å². The Balaban J connectivity index is 1.91. The van der Waals surface area contributed by atoms with Gasteiger partial charge in [-0.3, -0.25) is 4.90 Å². The van der Waals surface area contributed by atoms with Gasteiger partial charge >= 0.3 is 0 Å². The molecule has 6 nitrogen and oxygen atoms in total. The van der Waals surface area contributed by atoms with Gasteiger partial charge in [0.15, 0.2) is 0 Å². The van der Waals surface area contributed by atoms with Crippen LogP contribution in [0.5, 0.6) is 0 Å². The molecule has 2 rings (SSSR count). The van der Waals surface area contributed by atoms with Gasteiger partial charge in [0.05, 0.1) is 6.61 Å². The summed E-state index contributed by atoms with van der Waals surface area (Å²) < 4.78 is 11.0. The molecule has 0 spiro atoms. The molecule has 0 radical (unpaired) electrons. The predicted molar refractivity (Wildman–Crippen MR) is 76.2 cm³/mol. The van der Waals surface area contributed by atoms with Crippen LogP contribution >= 0.6 is 0 Å². The largest absolute Gasteiger partial charge is 0.367 e. The van der Waals surface area contributed by atoms with Gasteiger partial charge in [0.25, 0.3) is 0 Å². The van der Waals surface area contributed by atoms with Crippen LogP contribution in [0.15, 0.2) is 4.52 Å². The van der Waals surface area contributed by atoms with Crippen molar-refractivity contribution in [1.29, 1.82) is 0 Å². The van der Waals surface area contributed by atoms with E-state index in [0.29, 0.717) is 24.1 Å². The van der Waals surface area contributed by atoms with Crippen molar-refractivity contribution < 1.29 is 9.26 Å². The molecule has 0 aliphatic carbocycles.